The maximum atomic E-state index is 13.0. The Morgan fingerprint density at radius 2 is 1.96 bits per heavy atom. The Labute approximate surface area is 152 Å². The summed E-state index contributed by atoms with van der Waals surface area (Å²) in [7, 11) is 1.32. The van der Waals surface area contributed by atoms with Gasteiger partial charge in [-0.1, -0.05) is 28.1 Å². The molecular formula is C18H14BrNO3S. The highest BCUT2D eigenvalue weighted by Crippen LogP contribution is 2.41. The second kappa shape index (κ2) is 6.83. The molecule has 0 aromatic heterocycles. The van der Waals surface area contributed by atoms with Gasteiger partial charge in [-0.05, 0) is 36.6 Å². The number of carbonyl (C=O) groups is 2. The third-order valence-electron chi connectivity index (χ3n) is 3.71. The van der Waals surface area contributed by atoms with E-state index in [9.17, 15) is 9.59 Å². The van der Waals surface area contributed by atoms with Crippen LogP contribution in [0, 0.1) is 0 Å². The quantitative estimate of drug-likeness (QED) is 0.434. The standard InChI is InChI=1S/C18H14BrNO3S/c1-23-17(21)10-15-13-9-11(19)7-8-12(13)18(22)20(15)14-5-3-4-6-16(14)24-2/h3-10H,1-2H3/b15-10+. The van der Waals surface area contributed by atoms with Gasteiger partial charge in [0.05, 0.1) is 18.5 Å². The van der Waals surface area contributed by atoms with Crippen LogP contribution in [-0.4, -0.2) is 25.2 Å². The number of hydrogen-bond acceptors (Lipinski definition) is 4. The molecule has 2 aromatic carbocycles. The van der Waals surface area contributed by atoms with Gasteiger partial charge < -0.3 is 4.74 Å². The van der Waals surface area contributed by atoms with Crippen molar-refractivity contribution >= 4 is 51.0 Å². The van der Waals surface area contributed by atoms with Gasteiger partial charge in [-0.2, -0.15) is 0 Å². The monoisotopic (exact) mass is 403 g/mol. The lowest BCUT2D eigenvalue weighted by Crippen LogP contribution is -2.23. The smallest absolute Gasteiger partial charge is 0.332 e. The number of carbonyl (C=O) groups excluding carboxylic acids is 2. The first kappa shape index (κ1) is 16.8. The summed E-state index contributed by atoms with van der Waals surface area (Å²) in [5, 5.41) is 0. The summed E-state index contributed by atoms with van der Waals surface area (Å²) < 4.78 is 5.60. The van der Waals surface area contributed by atoms with E-state index in [1.807, 2.05) is 42.7 Å². The molecule has 0 fully saturated rings. The van der Waals surface area contributed by atoms with Crippen LogP contribution in [0.3, 0.4) is 0 Å². The summed E-state index contributed by atoms with van der Waals surface area (Å²) in [5.74, 6) is -0.661. The number of benzene rings is 2. The first-order valence-electron chi connectivity index (χ1n) is 7.14. The van der Waals surface area contributed by atoms with Crippen molar-refractivity contribution in [3.8, 4) is 0 Å². The molecular weight excluding hydrogens is 390 g/mol. The van der Waals surface area contributed by atoms with Crippen LogP contribution in [0.4, 0.5) is 5.69 Å². The number of para-hydroxylation sites is 1. The molecule has 0 saturated heterocycles. The molecule has 1 aliphatic rings. The number of hydrogen-bond donors (Lipinski definition) is 0. The van der Waals surface area contributed by atoms with Crippen molar-refractivity contribution < 1.29 is 14.3 Å². The molecule has 0 aliphatic carbocycles. The normalized spacial score (nSPS) is 14.9. The highest BCUT2D eigenvalue weighted by atomic mass is 79.9. The van der Waals surface area contributed by atoms with E-state index in [1.54, 1.807) is 22.7 Å². The fourth-order valence-electron chi connectivity index (χ4n) is 2.63. The van der Waals surface area contributed by atoms with Gasteiger partial charge in [0.1, 0.15) is 0 Å². The Hall–Kier alpha value is -2.05. The van der Waals surface area contributed by atoms with Crippen LogP contribution in [0.5, 0.6) is 0 Å². The zero-order valence-corrected chi connectivity index (χ0v) is 15.5. The van der Waals surface area contributed by atoms with Gasteiger partial charge in [0, 0.05) is 26.6 Å². The van der Waals surface area contributed by atoms with E-state index in [4.69, 9.17) is 4.74 Å². The number of nitrogens with zero attached hydrogens (tertiary/aromatic N) is 1. The van der Waals surface area contributed by atoms with E-state index in [0.29, 0.717) is 16.8 Å². The molecule has 1 heterocycles. The van der Waals surface area contributed by atoms with Gasteiger partial charge in [-0.25, -0.2) is 4.79 Å². The van der Waals surface area contributed by atoms with Crippen LogP contribution in [0.15, 0.2) is 57.9 Å². The maximum Gasteiger partial charge on any atom is 0.332 e. The summed E-state index contributed by atoms with van der Waals surface area (Å²) in [4.78, 5) is 27.3. The van der Waals surface area contributed by atoms with E-state index in [-0.39, 0.29) is 5.91 Å². The Morgan fingerprint density at radius 1 is 1.21 bits per heavy atom. The molecule has 24 heavy (non-hydrogen) atoms. The molecule has 0 unspecified atom stereocenters. The summed E-state index contributed by atoms with van der Waals surface area (Å²) >= 11 is 4.97. The number of amides is 1. The molecule has 0 spiro atoms. The lowest BCUT2D eigenvalue weighted by atomic mass is 10.1. The van der Waals surface area contributed by atoms with Crippen LogP contribution < -0.4 is 4.90 Å². The van der Waals surface area contributed by atoms with Crippen molar-refractivity contribution in [2.24, 2.45) is 0 Å². The third kappa shape index (κ3) is 2.87. The minimum absolute atomic E-state index is 0.158. The van der Waals surface area contributed by atoms with Crippen molar-refractivity contribution in [1.82, 2.24) is 0 Å². The lowest BCUT2D eigenvalue weighted by molar-refractivity contribution is -0.134. The van der Waals surface area contributed by atoms with Crippen LogP contribution in [0.1, 0.15) is 15.9 Å². The van der Waals surface area contributed by atoms with Gasteiger partial charge in [0.15, 0.2) is 0 Å². The van der Waals surface area contributed by atoms with E-state index >= 15 is 0 Å². The SMILES string of the molecule is COC(=O)/C=C1\c2cc(Br)ccc2C(=O)N1c1ccccc1SC. The summed E-state index contributed by atoms with van der Waals surface area (Å²) in [5.41, 5.74) is 2.53. The van der Waals surface area contributed by atoms with E-state index in [0.717, 1.165) is 15.1 Å². The van der Waals surface area contributed by atoms with Crippen molar-refractivity contribution in [1.29, 1.82) is 0 Å². The first-order chi connectivity index (χ1) is 11.6. The Bertz CT molecular complexity index is 863. The summed E-state index contributed by atoms with van der Waals surface area (Å²) in [6.07, 6.45) is 3.31. The lowest BCUT2D eigenvalue weighted by Gasteiger charge is -2.21. The zero-order chi connectivity index (χ0) is 17.3. The third-order valence-corrected chi connectivity index (χ3v) is 4.99. The molecule has 0 atom stereocenters. The number of esters is 1. The number of methoxy groups -OCH3 is 1. The summed E-state index contributed by atoms with van der Waals surface area (Å²) in [6.45, 7) is 0. The highest BCUT2D eigenvalue weighted by molar-refractivity contribution is 9.10. The zero-order valence-electron chi connectivity index (χ0n) is 13.1. The van der Waals surface area contributed by atoms with Crippen LogP contribution >= 0.6 is 27.7 Å². The van der Waals surface area contributed by atoms with Crippen molar-refractivity contribution in [3.05, 3.63) is 64.1 Å². The minimum Gasteiger partial charge on any atom is -0.466 e. The largest absolute Gasteiger partial charge is 0.466 e. The van der Waals surface area contributed by atoms with Crippen LogP contribution in [0.2, 0.25) is 0 Å². The average molecular weight is 404 g/mol. The molecule has 3 rings (SSSR count). The predicted molar refractivity (Wildman–Crippen MR) is 99.2 cm³/mol. The van der Waals surface area contributed by atoms with Crippen LogP contribution in [-0.2, 0) is 9.53 Å². The molecule has 0 N–H and O–H groups in total. The van der Waals surface area contributed by atoms with E-state index < -0.39 is 5.97 Å². The molecule has 122 valence electrons. The molecule has 4 nitrogen and oxygen atoms in total. The average Bonchev–Trinajstić information content (AvgIpc) is 2.86. The molecule has 2 aromatic rings. The van der Waals surface area contributed by atoms with Gasteiger partial charge in [-0.15, -0.1) is 11.8 Å². The number of halogens is 1. The molecule has 6 heteroatoms. The highest BCUT2D eigenvalue weighted by Gasteiger charge is 2.35. The number of thioether (sulfide) groups is 1. The molecule has 0 bridgehead atoms. The number of ether oxygens (including phenoxy) is 1. The van der Waals surface area contributed by atoms with Crippen molar-refractivity contribution in [2.45, 2.75) is 4.90 Å². The Kier molecular flexibility index (Phi) is 4.78. The fourth-order valence-corrected chi connectivity index (χ4v) is 3.58. The fraction of sp³-hybridized carbons (Fsp3) is 0.111. The molecule has 0 radical (unpaired) electrons. The topological polar surface area (TPSA) is 46.6 Å². The second-order valence-corrected chi connectivity index (χ2v) is 6.82. The van der Waals surface area contributed by atoms with Gasteiger partial charge in [-0.3, -0.25) is 9.69 Å². The van der Waals surface area contributed by atoms with E-state index in [1.165, 1.54) is 13.2 Å². The molecule has 1 aliphatic heterocycles. The molecule has 0 saturated carbocycles. The predicted octanol–water partition coefficient (Wildman–Crippen LogP) is 4.35. The summed E-state index contributed by atoms with van der Waals surface area (Å²) in [6, 6.07) is 13.0. The van der Waals surface area contributed by atoms with E-state index in [2.05, 4.69) is 15.9 Å². The number of anilines is 1. The van der Waals surface area contributed by atoms with Crippen molar-refractivity contribution in [2.75, 3.05) is 18.3 Å². The van der Waals surface area contributed by atoms with Gasteiger partial charge in [0.25, 0.3) is 5.91 Å². The maximum absolute atomic E-state index is 13.0. The minimum atomic E-state index is -0.503. The number of fused-ring (bicyclic) bond motifs is 1. The Morgan fingerprint density at radius 3 is 2.67 bits per heavy atom. The first-order valence-corrected chi connectivity index (χ1v) is 9.15. The number of rotatable bonds is 3. The van der Waals surface area contributed by atoms with Gasteiger partial charge >= 0.3 is 5.97 Å². The van der Waals surface area contributed by atoms with Crippen molar-refractivity contribution in [3.63, 3.8) is 0 Å². The molecule has 1 amide bonds. The Balaban J connectivity index is 2.23. The van der Waals surface area contributed by atoms with Gasteiger partial charge in [0.2, 0.25) is 0 Å². The second-order valence-electron chi connectivity index (χ2n) is 5.06. The van der Waals surface area contributed by atoms with Crippen LogP contribution in [0.25, 0.3) is 5.70 Å².